The van der Waals surface area contributed by atoms with Crippen LogP contribution in [0.3, 0.4) is 0 Å². The fourth-order valence-electron chi connectivity index (χ4n) is 4.52. The van der Waals surface area contributed by atoms with Crippen LogP contribution in [0, 0.1) is 17.1 Å². The molecule has 9 heteroatoms. The van der Waals surface area contributed by atoms with Crippen molar-refractivity contribution >= 4 is 17.6 Å². The number of hydrogen-bond donors (Lipinski definition) is 1. The van der Waals surface area contributed by atoms with Crippen LogP contribution in [0.2, 0.25) is 0 Å². The number of aliphatic hydroxyl groups excluding tert-OH is 1. The summed E-state index contributed by atoms with van der Waals surface area (Å²) >= 11 is 0. The number of nitriles is 1. The first-order chi connectivity index (χ1) is 18.6. The molecule has 0 saturated heterocycles. The van der Waals surface area contributed by atoms with Crippen molar-refractivity contribution in [1.29, 1.82) is 5.26 Å². The van der Waals surface area contributed by atoms with Gasteiger partial charge in [0.15, 0.2) is 0 Å². The summed E-state index contributed by atoms with van der Waals surface area (Å²) in [4.78, 5) is 27.1. The Balaban J connectivity index is 1.77. The monoisotopic (exact) mass is 532 g/mol. The number of anilines is 1. The summed E-state index contributed by atoms with van der Waals surface area (Å²) in [6.45, 7) is 4.82. The highest BCUT2D eigenvalue weighted by molar-refractivity contribution is 5.91. The lowest BCUT2D eigenvalue weighted by Gasteiger charge is -2.46. The molecule has 1 aliphatic rings. The van der Waals surface area contributed by atoms with Gasteiger partial charge in [0.25, 0.3) is 0 Å². The largest absolute Gasteiger partial charge is 0.485 e. The molecule has 0 amide bonds. The van der Waals surface area contributed by atoms with Crippen LogP contribution in [0.5, 0.6) is 5.75 Å². The molecule has 1 aliphatic heterocycles. The van der Waals surface area contributed by atoms with Gasteiger partial charge in [-0.1, -0.05) is 30.3 Å². The van der Waals surface area contributed by atoms with Gasteiger partial charge in [-0.3, -0.25) is 4.79 Å². The van der Waals surface area contributed by atoms with Gasteiger partial charge in [0.1, 0.15) is 36.4 Å². The fourth-order valence-corrected chi connectivity index (χ4v) is 4.52. The van der Waals surface area contributed by atoms with Crippen molar-refractivity contribution in [3.63, 3.8) is 0 Å². The number of halogens is 1. The Morgan fingerprint density at radius 2 is 1.85 bits per heavy atom. The smallest absolute Gasteiger partial charge is 0.341 e. The highest BCUT2D eigenvalue weighted by atomic mass is 19.1. The molecule has 3 aromatic carbocycles. The molecule has 0 radical (unpaired) electrons. The molecule has 1 heterocycles. The average Bonchev–Trinajstić information content (AvgIpc) is 2.92. The maximum absolute atomic E-state index is 14.9. The van der Waals surface area contributed by atoms with Gasteiger partial charge < -0.3 is 24.2 Å². The molecule has 2 atom stereocenters. The van der Waals surface area contributed by atoms with Crippen molar-refractivity contribution in [1.82, 2.24) is 0 Å². The number of hydrogen-bond acceptors (Lipinski definition) is 8. The number of rotatable bonds is 8. The van der Waals surface area contributed by atoms with Crippen LogP contribution in [0.15, 0.2) is 66.7 Å². The molecule has 0 aromatic heterocycles. The number of fused-ring (bicyclic) bond motifs is 1. The van der Waals surface area contributed by atoms with Crippen LogP contribution < -0.4 is 9.64 Å². The highest BCUT2D eigenvalue weighted by Gasteiger charge is 2.46. The molecular weight excluding hydrogens is 503 g/mol. The Labute approximate surface area is 226 Å². The van der Waals surface area contributed by atoms with Crippen molar-refractivity contribution in [3.8, 4) is 11.8 Å². The van der Waals surface area contributed by atoms with Gasteiger partial charge in [-0.2, -0.15) is 5.26 Å². The number of esters is 2. The SMILES string of the molecule is CCOC(=O)CN(c1ccc(F)c(C(=O)OCc2ccccc2)c1)[C@H]1c2cc(C#N)ccc2OC(C)(C)[C@@H]1O. The standard InChI is InChI=1S/C30H29FN2O6/c1-4-37-26(34)17-33(27-23-14-20(16-32)10-13-25(23)39-30(2,3)28(27)35)21-11-12-24(31)22(15-21)29(36)38-18-19-8-6-5-7-9-19/h5-15,27-28,35H,4,17-18H2,1-3H3/t27-,28+/m0/s1. The minimum Gasteiger partial charge on any atom is -0.485 e. The molecule has 0 fully saturated rings. The number of nitrogens with zero attached hydrogens (tertiary/aromatic N) is 2. The van der Waals surface area contributed by atoms with Gasteiger partial charge in [-0.15, -0.1) is 0 Å². The molecular formula is C30H29FN2O6. The zero-order valence-corrected chi connectivity index (χ0v) is 21.9. The lowest BCUT2D eigenvalue weighted by atomic mass is 9.84. The van der Waals surface area contributed by atoms with E-state index in [1.165, 1.54) is 17.0 Å². The van der Waals surface area contributed by atoms with Gasteiger partial charge >= 0.3 is 11.9 Å². The molecule has 0 spiro atoms. The molecule has 1 N–H and O–H groups in total. The van der Waals surface area contributed by atoms with Crippen molar-refractivity contribution in [3.05, 3.63) is 94.8 Å². The zero-order chi connectivity index (χ0) is 28.2. The van der Waals surface area contributed by atoms with Gasteiger partial charge in [-0.05, 0) is 62.7 Å². The summed E-state index contributed by atoms with van der Waals surface area (Å²) in [5.74, 6) is -1.85. The Morgan fingerprint density at radius 3 is 2.54 bits per heavy atom. The molecule has 0 unspecified atom stereocenters. The molecule has 8 nitrogen and oxygen atoms in total. The predicted molar refractivity (Wildman–Crippen MR) is 141 cm³/mol. The predicted octanol–water partition coefficient (Wildman–Crippen LogP) is 4.70. The molecule has 3 aromatic rings. The van der Waals surface area contributed by atoms with Crippen molar-refractivity contribution < 1.29 is 33.3 Å². The minimum atomic E-state index is -1.19. The van der Waals surface area contributed by atoms with Crippen LogP contribution in [0.4, 0.5) is 10.1 Å². The maximum atomic E-state index is 14.9. The molecule has 4 rings (SSSR count). The van der Waals surface area contributed by atoms with E-state index in [1.54, 1.807) is 63.2 Å². The van der Waals surface area contributed by atoms with Crippen LogP contribution in [-0.2, 0) is 20.9 Å². The van der Waals surface area contributed by atoms with Crippen LogP contribution in [0.25, 0.3) is 0 Å². The number of carbonyl (C=O) groups excluding carboxylic acids is 2. The third-order valence-corrected chi connectivity index (χ3v) is 6.50. The van der Waals surface area contributed by atoms with E-state index in [0.717, 1.165) is 11.6 Å². The highest BCUT2D eigenvalue weighted by Crippen LogP contribution is 2.45. The van der Waals surface area contributed by atoms with Crippen molar-refractivity contribution in [2.75, 3.05) is 18.1 Å². The Bertz CT molecular complexity index is 1400. The average molecular weight is 533 g/mol. The molecule has 0 saturated carbocycles. The maximum Gasteiger partial charge on any atom is 0.341 e. The summed E-state index contributed by atoms with van der Waals surface area (Å²) in [7, 11) is 0. The van der Waals surface area contributed by atoms with Crippen molar-refractivity contribution in [2.45, 2.75) is 45.1 Å². The Kier molecular flexibility index (Phi) is 8.17. The summed E-state index contributed by atoms with van der Waals surface area (Å²) in [5.41, 5.74) is 0.382. The van der Waals surface area contributed by atoms with E-state index >= 15 is 0 Å². The van der Waals surface area contributed by atoms with Crippen molar-refractivity contribution in [2.24, 2.45) is 0 Å². The van der Waals surface area contributed by atoms with E-state index in [-0.39, 0.29) is 31.0 Å². The summed E-state index contributed by atoms with van der Waals surface area (Å²) in [6, 6.07) is 18.8. The van der Waals surface area contributed by atoms with Gasteiger partial charge in [0.2, 0.25) is 0 Å². The first-order valence-corrected chi connectivity index (χ1v) is 12.5. The lowest BCUT2D eigenvalue weighted by molar-refractivity contribution is -0.141. The third kappa shape index (κ3) is 6.02. The van der Waals surface area contributed by atoms with Crippen LogP contribution in [-0.4, -0.2) is 41.9 Å². The second-order valence-corrected chi connectivity index (χ2v) is 9.62. The van der Waals surface area contributed by atoms with Gasteiger partial charge in [0.05, 0.1) is 29.8 Å². The third-order valence-electron chi connectivity index (χ3n) is 6.50. The molecule has 39 heavy (non-hydrogen) atoms. The molecule has 0 aliphatic carbocycles. The first-order valence-electron chi connectivity index (χ1n) is 12.5. The second-order valence-electron chi connectivity index (χ2n) is 9.62. The van der Waals surface area contributed by atoms with Crippen LogP contribution in [0.1, 0.15) is 53.9 Å². The van der Waals surface area contributed by atoms with E-state index in [0.29, 0.717) is 16.9 Å². The fraction of sp³-hybridized carbons (Fsp3) is 0.300. The number of carbonyl (C=O) groups is 2. The normalized spacial score (nSPS) is 17.2. The summed E-state index contributed by atoms with van der Waals surface area (Å²) in [6.07, 6.45) is -1.19. The van der Waals surface area contributed by atoms with E-state index in [2.05, 4.69) is 6.07 Å². The summed E-state index contributed by atoms with van der Waals surface area (Å²) < 4.78 is 31.4. The Morgan fingerprint density at radius 1 is 1.10 bits per heavy atom. The zero-order valence-electron chi connectivity index (χ0n) is 21.9. The number of benzene rings is 3. The minimum absolute atomic E-state index is 0.0486. The second kappa shape index (κ2) is 11.5. The molecule has 0 bridgehead atoms. The lowest BCUT2D eigenvalue weighted by Crippen LogP contribution is -2.54. The topological polar surface area (TPSA) is 109 Å². The quantitative estimate of drug-likeness (QED) is 0.416. The van der Waals surface area contributed by atoms with Gasteiger partial charge in [-0.25, -0.2) is 9.18 Å². The molecule has 202 valence electrons. The van der Waals surface area contributed by atoms with E-state index in [4.69, 9.17) is 14.2 Å². The number of aliphatic hydroxyl groups is 1. The Hall–Kier alpha value is -4.42. The van der Waals surface area contributed by atoms with E-state index in [9.17, 15) is 24.3 Å². The van der Waals surface area contributed by atoms with E-state index < -0.39 is 35.5 Å². The van der Waals surface area contributed by atoms with Crippen LogP contribution >= 0.6 is 0 Å². The van der Waals surface area contributed by atoms with Gasteiger partial charge in [0, 0.05) is 11.3 Å². The number of ether oxygens (including phenoxy) is 3. The van der Waals surface area contributed by atoms with E-state index in [1.807, 2.05) is 6.07 Å². The first kappa shape index (κ1) is 27.6. The summed E-state index contributed by atoms with van der Waals surface area (Å²) in [5, 5.41) is 20.9.